The molecule has 0 spiro atoms. The van der Waals surface area contributed by atoms with Crippen LogP contribution in [0.15, 0.2) is 64.6 Å². The second-order valence-corrected chi connectivity index (χ2v) is 6.09. The first kappa shape index (κ1) is 31.0. The number of aromatic hydroxyl groups is 3. The molecule has 0 aliphatic heterocycles. The molecule has 3 radical (unpaired) electrons. The Bertz CT molecular complexity index is 1020. The molecule has 0 aromatic carbocycles. The largest absolute Gasteiger partial charge is 0.502 e. The van der Waals surface area contributed by atoms with Crippen molar-refractivity contribution in [3.8, 4) is 17.2 Å². The minimum absolute atomic E-state index is 0. The third-order valence-corrected chi connectivity index (χ3v) is 3.46. The van der Waals surface area contributed by atoms with E-state index in [1.54, 1.807) is 0 Å². The van der Waals surface area contributed by atoms with E-state index in [1.807, 2.05) is 0 Å². The van der Waals surface area contributed by atoms with Crippen LogP contribution in [0.4, 0.5) is 0 Å². The Kier molecular flexibility index (Phi) is 15.1. The van der Waals surface area contributed by atoms with Gasteiger partial charge in [-0.15, -0.1) is 0 Å². The first-order valence-electron chi connectivity index (χ1n) is 9.10. The van der Waals surface area contributed by atoms with E-state index in [9.17, 15) is 14.4 Å². The summed E-state index contributed by atoms with van der Waals surface area (Å²) in [5, 5.41) is 26.3. The summed E-state index contributed by atoms with van der Waals surface area (Å²) in [5.74, 6) is 0.0421. The first-order chi connectivity index (χ1) is 15.7. The molecule has 13 heteroatoms. The summed E-state index contributed by atoms with van der Waals surface area (Å²) < 4.78 is 28.5. The molecule has 3 aromatic heterocycles. The molecule has 0 saturated carbocycles. The van der Waals surface area contributed by atoms with Gasteiger partial charge in [0.05, 0.1) is 0 Å². The summed E-state index contributed by atoms with van der Waals surface area (Å²) in [7, 11) is 4.48. The van der Waals surface area contributed by atoms with E-state index in [-0.39, 0.29) is 62.9 Å². The summed E-state index contributed by atoms with van der Waals surface area (Å²) in [6.45, 7) is 0.695. The van der Waals surface area contributed by atoms with Crippen molar-refractivity contribution in [2.24, 2.45) is 0 Å². The van der Waals surface area contributed by atoms with Gasteiger partial charge >= 0.3 is 0 Å². The average molecular weight is 583 g/mol. The van der Waals surface area contributed by atoms with E-state index in [4.69, 9.17) is 42.8 Å². The van der Waals surface area contributed by atoms with Gasteiger partial charge in [0.1, 0.15) is 55.9 Å². The van der Waals surface area contributed by atoms with Crippen LogP contribution >= 0.6 is 0 Å². The van der Waals surface area contributed by atoms with Crippen molar-refractivity contribution < 1.29 is 42.8 Å². The minimum Gasteiger partial charge on any atom is -0.502 e. The standard InChI is InChI=1S/3C7H8O4.In/c3*1-10-3-5-2-6(8)7(9)4-11-5;/h3*2,4,9H,3H2,1H3;. The molecule has 34 heavy (non-hydrogen) atoms. The van der Waals surface area contributed by atoms with E-state index in [0.29, 0.717) is 17.3 Å². The van der Waals surface area contributed by atoms with Crippen molar-refractivity contribution in [1.29, 1.82) is 0 Å². The van der Waals surface area contributed by atoms with Crippen molar-refractivity contribution >= 4 is 25.8 Å². The van der Waals surface area contributed by atoms with E-state index >= 15 is 0 Å². The third-order valence-electron chi connectivity index (χ3n) is 3.46. The molecule has 0 aliphatic carbocycles. The van der Waals surface area contributed by atoms with Crippen LogP contribution < -0.4 is 16.3 Å². The van der Waals surface area contributed by atoms with Gasteiger partial charge in [-0.25, -0.2) is 0 Å². The smallest absolute Gasteiger partial charge is 0.226 e. The van der Waals surface area contributed by atoms with E-state index in [1.165, 1.54) is 39.5 Å². The SMILES string of the molecule is COCc1cc(=O)c(O)co1.COCc1cc(=O)c(O)co1.COCc1cc(=O)c(O)co1.[In]. The second-order valence-electron chi connectivity index (χ2n) is 6.09. The summed E-state index contributed by atoms with van der Waals surface area (Å²) in [6.07, 6.45) is 2.99. The molecule has 12 nitrogen and oxygen atoms in total. The van der Waals surface area contributed by atoms with Crippen molar-refractivity contribution in [3.63, 3.8) is 0 Å². The number of hydrogen-bond acceptors (Lipinski definition) is 12. The average Bonchev–Trinajstić information content (AvgIpc) is 2.78. The van der Waals surface area contributed by atoms with Gasteiger partial charge in [0.15, 0.2) is 17.2 Å². The molecule has 0 fully saturated rings. The Balaban J connectivity index is 0.000000473. The Morgan fingerprint density at radius 3 is 1.00 bits per heavy atom. The molecule has 3 N–H and O–H groups in total. The fourth-order valence-corrected chi connectivity index (χ4v) is 1.99. The van der Waals surface area contributed by atoms with Crippen LogP contribution in [0.5, 0.6) is 17.2 Å². The summed E-state index contributed by atoms with van der Waals surface area (Å²) >= 11 is 0. The van der Waals surface area contributed by atoms with Gasteiger partial charge in [0.2, 0.25) is 16.3 Å². The van der Waals surface area contributed by atoms with Gasteiger partial charge in [-0.3, -0.25) is 14.4 Å². The van der Waals surface area contributed by atoms with Gasteiger partial charge in [0.25, 0.3) is 0 Å². The molecule has 0 aliphatic rings. The zero-order valence-corrected chi connectivity index (χ0v) is 22.0. The monoisotopic (exact) mass is 583 g/mol. The van der Waals surface area contributed by atoms with Crippen molar-refractivity contribution in [1.82, 2.24) is 0 Å². The molecule has 0 unspecified atom stereocenters. The van der Waals surface area contributed by atoms with Crippen LogP contribution in [0.1, 0.15) is 17.3 Å². The Morgan fingerprint density at radius 2 is 0.824 bits per heavy atom. The zero-order valence-electron chi connectivity index (χ0n) is 18.7. The number of hydrogen-bond donors (Lipinski definition) is 3. The maximum absolute atomic E-state index is 10.7. The zero-order chi connectivity index (χ0) is 24.8. The van der Waals surface area contributed by atoms with Crippen LogP contribution in [0.2, 0.25) is 0 Å². The predicted octanol–water partition coefficient (Wildman–Crippen LogP) is 1.09. The van der Waals surface area contributed by atoms with E-state index in [0.717, 1.165) is 18.8 Å². The molecule has 0 amide bonds. The summed E-state index contributed by atoms with van der Waals surface area (Å²) in [6, 6.07) is 3.58. The Hall–Kier alpha value is -3.00. The van der Waals surface area contributed by atoms with Gasteiger partial charge in [-0.2, -0.15) is 0 Å². The van der Waals surface area contributed by atoms with E-state index < -0.39 is 16.3 Å². The molecule has 0 atom stereocenters. The predicted molar refractivity (Wildman–Crippen MR) is 118 cm³/mol. The van der Waals surface area contributed by atoms with Crippen molar-refractivity contribution in [3.05, 3.63) is 84.9 Å². The van der Waals surface area contributed by atoms with Crippen molar-refractivity contribution in [2.45, 2.75) is 19.8 Å². The minimum atomic E-state index is -0.455. The van der Waals surface area contributed by atoms with Crippen LogP contribution in [0.3, 0.4) is 0 Å². The molecule has 183 valence electrons. The van der Waals surface area contributed by atoms with Crippen LogP contribution in [0, 0.1) is 0 Å². The van der Waals surface area contributed by atoms with Gasteiger partial charge in [0, 0.05) is 65.4 Å². The van der Waals surface area contributed by atoms with Crippen molar-refractivity contribution in [2.75, 3.05) is 21.3 Å². The van der Waals surface area contributed by atoms with E-state index in [2.05, 4.69) is 0 Å². The Labute approximate surface area is 211 Å². The third kappa shape index (κ3) is 11.2. The molecule has 3 aromatic rings. The van der Waals surface area contributed by atoms with Gasteiger partial charge < -0.3 is 42.8 Å². The molecule has 3 rings (SSSR count). The van der Waals surface area contributed by atoms with Crippen LogP contribution in [-0.2, 0) is 34.0 Å². The maximum Gasteiger partial charge on any atom is 0.226 e. The molecule has 0 saturated heterocycles. The normalized spacial score (nSPS) is 9.62. The first-order valence-corrected chi connectivity index (χ1v) is 9.10. The Morgan fingerprint density at radius 1 is 0.588 bits per heavy atom. The molecule has 0 bridgehead atoms. The second kappa shape index (κ2) is 16.6. The maximum atomic E-state index is 10.7. The molecular weight excluding hydrogens is 559 g/mol. The number of ether oxygens (including phenoxy) is 3. The fraction of sp³-hybridized carbons (Fsp3) is 0.286. The van der Waals surface area contributed by atoms with Crippen LogP contribution in [-0.4, -0.2) is 62.5 Å². The topological polar surface area (TPSA) is 179 Å². The quantitative estimate of drug-likeness (QED) is 0.377. The molecular formula is C21H24InO12. The van der Waals surface area contributed by atoms with Crippen LogP contribution in [0.25, 0.3) is 0 Å². The fourth-order valence-electron chi connectivity index (χ4n) is 1.99. The summed E-state index contributed by atoms with van der Waals surface area (Å²) in [4.78, 5) is 32.2. The molecule has 3 heterocycles. The number of methoxy groups -OCH3 is 3. The number of rotatable bonds is 6. The van der Waals surface area contributed by atoms with Gasteiger partial charge in [-0.05, 0) is 0 Å². The van der Waals surface area contributed by atoms with Gasteiger partial charge in [-0.1, -0.05) is 0 Å². The summed E-state index contributed by atoms with van der Waals surface area (Å²) in [5.41, 5.74) is -1.37.